The maximum Gasteiger partial charge on any atom is 0.141 e. The third-order valence-electron chi connectivity index (χ3n) is 2.00. The van der Waals surface area contributed by atoms with Crippen LogP contribution in [0.3, 0.4) is 0 Å². The number of nitrogens with two attached hydrogens (primary N) is 1. The summed E-state index contributed by atoms with van der Waals surface area (Å²) in [6.07, 6.45) is 4.94. The van der Waals surface area contributed by atoms with Crippen LogP contribution >= 0.6 is 0 Å². The highest BCUT2D eigenvalue weighted by molar-refractivity contribution is 5.25. The molecule has 0 spiro atoms. The van der Waals surface area contributed by atoms with E-state index in [0.29, 0.717) is 18.1 Å². The van der Waals surface area contributed by atoms with E-state index in [4.69, 9.17) is 11.0 Å². The van der Waals surface area contributed by atoms with Gasteiger partial charge in [0.1, 0.15) is 17.6 Å². The smallest absolute Gasteiger partial charge is 0.141 e. The summed E-state index contributed by atoms with van der Waals surface area (Å²) in [4.78, 5) is 8.05. The molecule has 0 atom stereocenters. The quantitative estimate of drug-likeness (QED) is 0.775. The molecule has 2 rings (SSSR count). The Bertz CT molecular complexity index is 491. The summed E-state index contributed by atoms with van der Waals surface area (Å²) in [5, 5.41) is 8.80. The summed E-state index contributed by atoms with van der Waals surface area (Å²) in [6, 6.07) is 5.67. The zero-order chi connectivity index (χ0) is 10.7. The van der Waals surface area contributed by atoms with Crippen molar-refractivity contribution in [2.75, 3.05) is 5.73 Å². The standard InChI is InChI=1S/C10H9N5/c11-4-9-2-1-3-15(9)7-8-5-14-10(12)6-13-8/h1-3,5-6H,7H2,(H2,12,14). The SMILES string of the molecule is N#Cc1cccn1Cc1cnc(N)cn1. The van der Waals surface area contributed by atoms with Crippen LogP contribution in [0, 0.1) is 11.3 Å². The number of anilines is 1. The minimum atomic E-state index is 0.395. The molecule has 0 saturated carbocycles. The van der Waals surface area contributed by atoms with E-state index in [2.05, 4.69) is 16.0 Å². The molecule has 74 valence electrons. The zero-order valence-electron chi connectivity index (χ0n) is 7.96. The third kappa shape index (κ3) is 1.94. The van der Waals surface area contributed by atoms with E-state index in [1.807, 2.05) is 12.3 Å². The molecule has 0 unspecified atom stereocenters. The van der Waals surface area contributed by atoms with Crippen LogP contribution in [0.5, 0.6) is 0 Å². The Morgan fingerprint density at radius 2 is 2.27 bits per heavy atom. The lowest BCUT2D eigenvalue weighted by Crippen LogP contribution is -2.04. The Kier molecular flexibility index (Phi) is 2.33. The van der Waals surface area contributed by atoms with Gasteiger partial charge in [-0.3, -0.25) is 4.98 Å². The van der Waals surface area contributed by atoms with Gasteiger partial charge in [0.15, 0.2) is 0 Å². The molecule has 5 nitrogen and oxygen atoms in total. The molecule has 5 heteroatoms. The molecule has 0 radical (unpaired) electrons. The van der Waals surface area contributed by atoms with Crippen molar-refractivity contribution in [3.63, 3.8) is 0 Å². The molecule has 0 fully saturated rings. The molecule has 0 amide bonds. The van der Waals surface area contributed by atoms with Crippen molar-refractivity contribution in [1.82, 2.24) is 14.5 Å². The first-order valence-electron chi connectivity index (χ1n) is 4.41. The normalized spacial score (nSPS) is 9.80. The lowest BCUT2D eigenvalue weighted by molar-refractivity contribution is 0.764. The van der Waals surface area contributed by atoms with Crippen molar-refractivity contribution in [2.24, 2.45) is 0 Å². The van der Waals surface area contributed by atoms with Crippen molar-refractivity contribution in [3.8, 4) is 6.07 Å². The van der Waals surface area contributed by atoms with Crippen molar-refractivity contribution < 1.29 is 0 Å². The van der Waals surface area contributed by atoms with Gasteiger partial charge in [0, 0.05) is 6.20 Å². The molecule has 0 aliphatic rings. The lowest BCUT2D eigenvalue weighted by atomic mass is 10.4. The summed E-state index contributed by atoms with van der Waals surface area (Å²) in [6.45, 7) is 0.531. The number of nitriles is 1. The van der Waals surface area contributed by atoms with Gasteiger partial charge in [-0.1, -0.05) is 0 Å². The lowest BCUT2D eigenvalue weighted by Gasteiger charge is -2.03. The van der Waals surface area contributed by atoms with Gasteiger partial charge in [0.05, 0.1) is 24.6 Å². The van der Waals surface area contributed by atoms with Crippen LogP contribution in [0.15, 0.2) is 30.7 Å². The molecular weight excluding hydrogens is 190 g/mol. The number of hydrogen-bond donors (Lipinski definition) is 1. The first-order valence-corrected chi connectivity index (χ1v) is 4.41. The van der Waals surface area contributed by atoms with E-state index in [0.717, 1.165) is 5.69 Å². The molecule has 0 bridgehead atoms. The maximum absolute atomic E-state index is 8.80. The summed E-state index contributed by atoms with van der Waals surface area (Å²) in [7, 11) is 0. The Morgan fingerprint density at radius 3 is 2.93 bits per heavy atom. The maximum atomic E-state index is 8.80. The highest BCUT2D eigenvalue weighted by Gasteiger charge is 2.01. The Balaban J connectivity index is 2.23. The zero-order valence-corrected chi connectivity index (χ0v) is 7.96. The molecule has 2 heterocycles. The Labute approximate surface area is 86.8 Å². The molecule has 0 aliphatic heterocycles. The summed E-state index contributed by atoms with van der Waals surface area (Å²) < 4.78 is 1.81. The van der Waals surface area contributed by atoms with Crippen LogP contribution in [0.25, 0.3) is 0 Å². The van der Waals surface area contributed by atoms with E-state index in [1.165, 1.54) is 6.20 Å². The van der Waals surface area contributed by atoms with Crippen LogP contribution in [0.1, 0.15) is 11.4 Å². The fraction of sp³-hybridized carbons (Fsp3) is 0.100. The van der Waals surface area contributed by atoms with Gasteiger partial charge in [0.25, 0.3) is 0 Å². The number of aromatic nitrogens is 3. The molecule has 0 saturated heterocycles. The van der Waals surface area contributed by atoms with Gasteiger partial charge >= 0.3 is 0 Å². The van der Waals surface area contributed by atoms with Gasteiger partial charge in [-0.15, -0.1) is 0 Å². The van der Waals surface area contributed by atoms with Crippen LogP contribution in [-0.4, -0.2) is 14.5 Å². The molecule has 0 aromatic carbocycles. The summed E-state index contributed by atoms with van der Waals surface area (Å²) >= 11 is 0. The topological polar surface area (TPSA) is 80.5 Å². The monoisotopic (exact) mass is 199 g/mol. The average Bonchev–Trinajstić information content (AvgIpc) is 2.69. The average molecular weight is 199 g/mol. The molecule has 2 aromatic rings. The summed E-state index contributed by atoms with van der Waals surface area (Å²) in [5.41, 5.74) is 6.80. The van der Waals surface area contributed by atoms with Crippen molar-refractivity contribution >= 4 is 5.82 Å². The van der Waals surface area contributed by atoms with Crippen molar-refractivity contribution in [1.29, 1.82) is 5.26 Å². The highest BCUT2D eigenvalue weighted by Crippen LogP contribution is 2.04. The number of nitrogens with zero attached hydrogens (tertiary/aromatic N) is 4. The van der Waals surface area contributed by atoms with Crippen LogP contribution < -0.4 is 5.73 Å². The predicted molar refractivity (Wildman–Crippen MR) is 54.7 cm³/mol. The first-order chi connectivity index (χ1) is 7.29. The van der Waals surface area contributed by atoms with E-state index in [-0.39, 0.29) is 0 Å². The molecule has 2 N–H and O–H groups in total. The van der Waals surface area contributed by atoms with Gasteiger partial charge in [-0.2, -0.15) is 5.26 Å². The minimum Gasteiger partial charge on any atom is -0.382 e. The summed E-state index contributed by atoms with van der Waals surface area (Å²) in [5.74, 6) is 0.395. The van der Waals surface area contributed by atoms with E-state index in [9.17, 15) is 0 Å². The van der Waals surface area contributed by atoms with E-state index in [1.54, 1.807) is 16.8 Å². The third-order valence-corrected chi connectivity index (χ3v) is 2.00. The fourth-order valence-electron chi connectivity index (χ4n) is 1.27. The second kappa shape index (κ2) is 3.80. The van der Waals surface area contributed by atoms with Gasteiger partial charge in [-0.05, 0) is 12.1 Å². The van der Waals surface area contributed by atoms with E-state index < -0.39 is 0 Å². The second-order valence-corrected chi connectivity index (χ2v) is 3.07. The van der Waals surface area contributed by atoms with Crippen molar-refractivity contribution in [2.45, 2.75) is 6.54 Å². The number of rotatable bonds is 2. The van der Waals surface area contributed by atoms with Crippen molar-refractivity contribution in [3.05, 3.63) is 42.1 Å². The fourth-order valence-corrected chi connectivity index (χ4v) is 1.27. The van der Waals surface area contributed by atoms with Crippen LogP contribution in [0.4, 0.5) is 5.82 Å². The minimum absolute atomic E-state index is 0.395. The first kappa shape index (κ1) is 9.21. The van der Waals surface area contributed by atoms with Gasteiger partial charge < -0.3 is 10.3 Å². The second-order valence-electron chi connectivity index (χ2n) is 3.07. The largest absolute Gasteiger partial charge is 0.382 e. The predicted octanol–water partition coefficient (Wildman–Crippen LogP) is 0.780. The van der Waals surface area contributed by atoms with Crippen LogP contribution in [-0.2, 0) is 6.54 Å². The molecular formula is C10H9N5. The van der Waals surface area contributed by atoms with E-state index >= 15 is 0 Å². The molecule has 2 aromatic heterocycles. The van der Waals surface area contributed by atoms with Gasteiger partial charge in [0.2, 0.25) is 0 Å². The Morgan fingerprint density at radius 1 is 1.40 bits per heavy atom. The highest BCUT2D eigenvalue weighted by atomic mass is 15.0. The Hall–Kier alpha value is -2.35. The number of hydrogen-bond acceptors (Lipinski definition) is 4. The van der Waals surface area contributed by atoms with Crippen LogP contribution in [0.2, 0.25) is 0 Å². The number of nitrogen functional groups attached to an aromatic ring is 1. The molecule has 15 heavy (non-hydrogen) atoms. The molecule has 0 aliphatic carbocycles. The van der Waals surface area contributed by atoms with Gasteiger partial charge in [-0.25, -0.2) is 4.98 Å².